The molecule has 1 aromatic rings. The Balaban J connectivity index is 2.03. The van der Waals surface area contributed by atoms with E-state index in [0.717, 1.165) is 17.9 Å². The van der Waals surface area contributed by atoms with Crippen LogP contribution < -0.4 is 10.1 Å². The number of amides is 2. The second kappa shape index (κ2) is 7.31. The van der Waals surface area contributed by atoms with Crippen LogP contribution in [0.25, 0.3) is 0 Å². The van der Waals surface area contributed by atoms with Crippen molar-refractivity contribution in [3.05, 3.63) is 29.8 Å². The summed E-state index contributed by atoms with van der Waals surface area (Å²) in [7, 11) is -3.84. The Morgan fingerprint density at radius 2 is 1.88 bits per heavy atom. The zero-order valence-corrected chi connectivity index (χ0v) is 14.9. The molecule has 0 saturated heterocycles. The van der Waals surface area contributed by atoms with Gasteiger partial charge in [0.25, 0.3) is 15.9 Å². The predicted octanol–water partition coefficient (Wildman–Crippen LogP) is 1.28. The second-order valence-electron chi connectivity index (χ2n) is 6.42. The molecule has 0 bridgehead atoms. The fraction of sp³-hybridized carbons (Fsp3) is 0.500. The fourth-order valence-corrected chi connectivity index (χ4v) is 3.72. The number of carbonyl (C=O) groups is 2. The number of hydrogen-bond donors (Lipinski definition) is 2. The lowest BCUT2D eigenvalue weighted by molar-refractivity contribution is -0.122. The van der Waals surface area contributed by atoms with Crippen LogP contribution in [0.3, 0.4) is 0 Å². The molecule has 1 aliphatic rings. The maximum atomic E-state index is 12.4. The fourth-order valence-electron chi connectivity index (χ4n) is 2.48. The van der Waals surface area contributed by atoms with Gasteiger partial charge >= 0.3 is 0 Å². The van der Waals surface area contributed by atoms with Crippen LogP contribution >= 0.6 is 0 Å². The third-order valence-electron chi connectivity index (χ3n) is 3.77. The first-order valence-corrected chi connectivity index (χ1v) is 9.41. The average molecular weight is 353 g/mol. The molecule has 24 heavy (non-hydrogen) atoms. The van der Waals surface area contributed by atoms with E-state index in [-0.39, 0.29) is 23.0 Å². The summed E-state index contributed by atoms with van der Waals surface area (Å²) in [5.41, 5.74) is 0.0666. The second-order valence-corrected chi connectivity index (χ2v) is 8.05. The zero-order valence-electron chi connectivity index (χ0n) is 14.1. The van der Waals surface area contributed by atoms with Gasteiger partial charge in [-0.25, -0.2) is 8.42 Å². The van der Waals surface area contributed by atoms with Gasteiger partial charge in [0.15, 0.2) is 0 Å². The Morgan fingerprint density at radius 3 is 2.54 bits per heavy atom. The number of sulfonamides is 1. The minimum atomic E-state index is -3.84. The van der Waals surface area contributed by atoms with Crippen molar-refractivity contribution in [1.82, 2.24) is 15.2 Å². The number of nitrogens with zero attached hydrogens (tertiary/aromatic N) is 1. The minimum absolute atomic E-state index is 0.0383. The van der Waals surface area contributed by atoms with E-state index in [1.807, 2.05) is 6.92 Å². The standard InChI is InChI=1S/C16H23N3O4S/c1-11(2)8-9-12(3)17-15(20)10-19-16(21)13-6-4-5-7-14(13)24(22,23)18-19/h4-7,11-12,18H,8-10H2,1-3H3,(H,17,20). The highest BCUT2D eigenvalue weighted by atomic mass is 32.2. The Morgan fingerprint density at radius 1 is 1.21 bits per heavy atom. The van der Waals surface area contributed by atoms with Gasteiger partial charge in [0.1, 0.15) is 6.54 Å². The molecule has 2 rings (SSSR count). The summed E-state index contributed by atoms with van der Waals surface area (Å²) >= 11 is 0. The minimum Gasteiger partial charge on any atom is -0.352 e. The topological polar surface area (TPSA) is 95.6 Å². The van der Waals surface area contributed by atoms with Crippen molar-refractivity contribution in [3.63, 3.8) is 0 Å². The summed E-state index contributed by atoms with van der Waals surface area (Å²) in [6.07, 6.45) is 1.80. The monoisotopic (exact) mass is 353 g/mol. The first-order chi connectivity index (χ1) is 11.2. The number of hydrogen-bond acceptors (Lipinski definition) is 4. The summed E-state index contributed by atoms with van der Waals surface area (Å²) in [5, 5.41) is 3.62. The van der Waals surface area contributed by atoms with Crippen LogP contribution in [0.5, 0.6) is 0 Å². The summed E-state index contributed by atoms with van der Waals surface area (Å²) in [5.74, 6) is -0.400. The van der Waals surface area contributed by atoms with Crippen molar-refractivity contribution in [2.75, 3.05) is 6.54 Å². The van der Waals surface area contributed by atoms with Gasteiger partial charge in [-0.05, 0) is 37.8 Å². The van der Waals surface area contributed by atoms with Gasteiger partial charge in [0, 0.05) is 6.04 Å². The molecule has 0 spiro atoms. The summed E-state index contributed by atoms with van der Waals surface area (Å²) in [6, 6.07) is 5.89. The van der Waals surface area contributed by atoms with Crippen molar-refractivity contribution in [2.45, 2.75) is 44.6 Å². The molecule has 0 fully saturated rings. The van der Waals surface area contributed by atoms with Crippen LogP contribution in [-0.4, -0.2) is 37.8 Å². The molecule has 1 aromatic carbocycles. The number of hydrazine groups is 1. The molecule has 7 nitrogen and oxygen atoms in total. The van der Waals surface area contributed by atoms with Crippen molar-refractivity contribution in [2.24, 2.45) is 5.92 Å². The van der Waals surface area contributed by atoms with E-state index in [1.54, 1.807) is 12.1 Å². The highest BCUT2D eigenvalue weighted by Gasteiger charge is 2.34. The van der Waals surface area contributed by atoms with Gasteiger partial charge in [-0.2, -0.15) is 0 Å². The first-order valence-electron chi connectivity index (χ1n) is 7.93. The molecule has 1 unspecified atom stereocenters. The van der Waals surface area contributed by atoms with Gasteiger partial charge in [-0.3, -0.25) is 14.6 Å². The highest BCUT2D eigenvalue weighted by molar-refractivity contribution is 7.89. The van der Waals surface area contributed by atoms with Gasteiger partial charge in [0.2, 0.25) is 5.91 Å². The molecule has 1 atom stereocenters. The van der Waals surface area contributed by atoms with E-state index in [4.69, 9.17) is 0 Å². The van der Waals surface area contributed by atoms with Crippen molar-refractivity contribution in [1.29, 1.82) is 0 Å². The zero-order chi connectivity index (χ0) is 17.9. The maximum absolute atomic E-state index is 12.4. The van der Waals surface area contributed by atoms with Crippen molar-refractivity contribution >= 4 is 21.8 Å². The van der Waals surface area contributed by atoms with Gasteiger partial charge in [0.05, 0.1) is 10.5 Å². The number of nitrogens with one attached hydrogen (secondary N) is 2. The van der Waals surface area contributed by atoms with Gasteiger partial charge in [-0.1, -0.05) is 26.0 Å². The van der Waals surface area contributed by atoms with Gasteiger partial charge in [-0.15, -0.1) is 4.83 Å². The molecule has 1 aliphatic heterocycles. The molecule has 0 radical (unpaired) electrons. The van der Waals surface area contributed by atoms with Crippen LogP contribution in [0.1, 0.15) is 44.0 Å². The lowest BCUT2D eigenvalue weighted by atomic mass is 10.0. The van der Waals surface area contributed by atoms with E-state index in [9.17, 15) is 18.0 Å². The number of rotatable bonds is 6. The SMILES string of the molecule is CC(C)CCC(C)NC(=O)CN1NS(=O)(=O)c2ccccc2C1=O. The molecule has 0 aromatic heterocycles. The molecule has 132 valence electrons. The lowest BCUT2D eigenvalue weighted by Crippen LogP contribution is -2.54. The number of fused-ring (bicyclic) bond motifs is 1. The molecule has 0 saturated carbocycles. The van der Waals surface area contributed by atoms with Crippen LogP contribution in [0.4, 0.5) is 0 Å². The molecule has 8 heteroatoms. The molecule has 2 amide bonds. The quantitative estimate of drug-likeness (QED) is 0.805. The first kappa shape index (κ1) is 18.4. The predicted molar refractivity (Wildman–Crippen MR) is 89.5 cm³/mol. The molecule has 1 heterocycles. The van der Waals surface area contributed by atoms with Crippen LogP contribution in [-0.2, 0) is 14.8 Å². The van der Waals surface area contributed by atoms with E-state index < -0.39 is 21.8 Å². The third-order valence-corrected chi connectivity index (χ3v) is 5.16. The Bertz CT molecular complexity index is 731. The van der Waals surface area contributed by atoms with Crippen molar-refractivity contribution in [3.8, 4) is 0 Å². The molecule has 0 aliphatic carbocycles. The van der Waals surface area contributed by atoms with Crippen molar-refractivity contribution < 1.29 is 18.0 Å². The number of benzene rings is 1. The van der Waals surface area contributed by atoms with E-state index in [2.05, 4.69) is 24.0 Å². The highest BCUT2D eigenvalue weighted by Crippen LogP contribution is 2.21. The maximum Gasteiger partial charge on any atom is 0.270 e. The normalized spacial score (nSPS) is 17.5. The lowest BCUT2D eigenvalue weighted by Gasteiger charge is -2.28. The van der Waals surface area contributed by atoms with E-state index in [1.165, 1.54) is 12.1 Å². The smallest absolute Gasteiger partial charge is 0.270 e. The van der Waals surface area contributed by atoms with E-state index >= 15 is 0 Å². The molecular weight excluding hydrogens is 330 g/mol. The summed E-state index contributed by atoms with van der Waals surface area (Å²) in [6.45, 7) is 5.73. The van der Waals surface area contributed by atoms with Crippen LogP contribution in [0.2, 0.25) is 0 Å². The Kier molecular flexibility index (Phi) is 5.61. The summed E-state index contributed by atoms with van der Waals surface area (Å²) in [4.78, 5) is 26.5. The Labute approximate surface area is 142 Å². The third kappa shape index (κ3) is 4.33. The van der Waals surface area contributed by atoms with Gasteiger partial charge < -0.3 is 5.32 Å². The summed E-state index contributed by atoms with van der Waals surface area (Å²) < 4.78 is 24.3. The Hall–Kier alpha value is -1.93. The average Bonchev–Trinajstić information content (AvgIpc) is 2.50. The van der Waals surface area contributed by atoms with Crippen LogP contribution in [0.15, 0.2) is 29.2 Å². The number of carbonyl (C=O) groups excluding carboxylic acids is 2. The largest absolute Gasteiger partial charge is 0.352 e. The molecule has 2 N–H and O–H groups in total. The van der Waals surface area contributed by atoms with E-state index in [0.29, 0.717) is 5.92 Å². The molecular formula is C16H23N3O4S. The van der Waals surface area contributed by atoms with Crippen LogP contribution in [0, 0.1) is 5.92 Å².